The van der Waals surface area contributed by atoms with E-state index in [2.05, 4.69) is 4.98 Å². The number of carbonyl (C=O) groups is 2. The zero-order valence-electron chi connectivity index (χ0n) is 21.8. The summed E-state index contributed by atoms with van der Waals surface area (Å²) in [7, 11) is 4.58. The third-order valence-electron chi connectivity index (χ3n) is 6.77. The Kier molecular flexibility index (Phi) is 6.43. The van der Waals surface area contributed by atoms with Crippen LogP contribution in [-0.2, 0) is 9.59 Å². The first-order valence-corrected chi connectivity index (χ1v) is 13.1. The van der Waals surface area contributed by atoms with Crippen molar-refractivity contribution in [2.75, 3.05) is 39.4 Å². The average Bonchev–Trinajstić information content (AvgIpc) is 3.53. The van der Waals surface area contributed by atoms with Gasteiger partial charge >= 0.3 is 5.91 Å². The summed E-state index contributed by atoms with van der Waals surface area (Å²) in [6.45, 7) is 0.770. The highest BCUT2D eigenvalue weighted by Crippen LogP contribution is 2.46. The fourth-order valence-corrected chi connectivity index (χ4v) is 5.86. The van der Waals surface area contributed by atoms with Crippen LogP contribution in [0.5, 0.6) is 28.7 Å². The van der Waals surface area contributed by atoms with Crippen molar-refractivity contribution in [3.05, 3.63) is 71.3 Å². The quantitative estimate of drug-likeness (QED) is 0.203. The molecule has 2 aliphatic heterocycles. The Hall–Kier alpha value is -4.77. The summed E-state index contributed by atoms with van der Waals surface area (Å²) in [5.74, 6) is 0.479. The summed E-state index contributed by atoms with van der Waals surface area (Å²) in [6, 6.07) is 14.3. The van der Waals surface area contributed by atoms with Crippen LogP contribution in [0.1, 0.15) is 17.2 Å². The minimum absolute atomic E-state index is 0.0919. The summed E-state index contributed by atoms with van der Waals surface area (Å²) in [5, 5.41) is 11.8. The first-order chi connectivity index (χ1) is 19.4. The van der Waals surface area contributed by atoms with Gasteiger partial charge in [0.05, 0.1) is 43.2 Å². The van der Waals surface area contributed by atoms with Crippen LogP contribution in [0.15, 0.2) is 60.2 Å². The van der Waals surface area contributed by atoms with Crippen molar-refractivity contribution in [2.45, 2.75) is 6.04 Å². The van der Waals surface area contributed by atoms with Crippen LogP contribution in [0.25, 0.3) is 16.0 Å². The second-order valence-corrected chi connectivity index (χ2v) is 9.98. The molecule has 3 aromatic carbocycles. The van der Waals surface area contributed by atoms with Crippen LogP contribution in [-0.4, -0.2) is 56.3 Å². The average molecular weight is 561 g/mol. The lowest BCUT2D eigenvalue weighted by Gasteiger charge is -2.24. The first-order valence-electron chi connectivity index (χ1n) is 12.3. The van der Waals surface area contributed by atoms with Crippen molar-refractivity contribution in [3.8, 4) is 28.7 Å². The minimum atomic E-state index is -1.00. The number of aromatic nitrogens is 1. The van der Waals surface area contributed by atoms with Crippen LogP contribution < -0.4 is 28.6 Å². The number of thiazole rings is 1. The zero-order chi connectivity index (χ0) is 28.0. The summed E-state index contributed by atoms with van der Waals surface area (Å²) < 4.78 is 28.2. The second-order valence-electron chi connectivity index (χ2n) is 8.97. The molecule has 1 aromatic heterocycles. The largest absolute Gasteiger partial charge is 0.507 e. The number of methoxy groups -OCH3 is 3. The predicted molar refractivity (Wildman–Crippen MR) is 148 cm³/mol. The second kappa shape index (κ2) is 10.1. The van der Waals surface area contributed by atoms with E-state index in [0.29, 0.717) is 63.7 Å². The molecule has 1 atom stereocenters. The van der Waals surface area contributed by atoms with E-state index < -0.39 is 17.7 Å². The highest BCUT2D eigenvalue weighted by Gasteiger charge is 2.48. The predicted octanol–water partition coefficient (Wildman–Crippen LogP) is 4.72. The number of ketones is 1. The molecule has 40 heavy (non-hydrogen) atoms. The van der Waals surface area contributed by atoms with E-state index in [4.69, 9.17) is 23.7 Å². The fourth-order valence-electron chi connectivity index (χ4n) is 4.84. The van der Waals surface area contributed by atoms with Crippen molar-refractivity contribution < 1.29 is 38.4 Å². The molecule has 6 rings (SSSR count). The molecular formula is C29H24N2O8S. The van der Waals surface area contributed by atoms with E-state index in [-0.39, 0.29) is 11.3 Å². The highest BCUT2D eigenvalue weighted by molar-refractivity contribution is 7.22. The lowest BCUT2D eigenvalue weighted by atomic mass is 9.95. The molecule has 4 aromatic rings. The number of fused-ring (bicyclic) bond motifs is 2. The molecule has 0 spiro atoms. The molecule has 0 saturated carbocycles. The van der Waals surface area contributed by atoms with Gasteiger partial charge in [-0.3, -0.25) is 14.5 Å². The van der Waals surface area contributed by atoms with Crippen LogP contribution in [0.2, 0.25) is 0 Å². The van der Waals surface area contributed by atoms with Crippen molar-refractivity contribution in [3.63, 3.8) is 0 Å². The van der Waals surface area contributed by atoms with Crippen LogP contribution in [0.3, 0.4) is 0 Å². The number of carbonyl (C=O) groups excluding carboxylic acids is 2. The first kappa shape index (κ1) is 25.5. The highest BCUT2D eigenvalue weighted by atomic mass is 32.1. The number of anilines is 1. The van der Waals surface area contributed by atoms with Gasteiger partial charge in [-0.2, -0.15) is 0 Å². The molecule has 10 nitrogen and oxygen atoms in total. The van der Waals surface area contributed by atoms with Crippen molar-refractivity contribution >= 4 is 44.1 Å². The van der Waals surface area contributed by atoms with Crippen LogP contribution in [0.4, 0.5) is 5.13 Å². The van der Waals surface area contributed by atoms with Gasteiger partial charge in [0.2, 0.25) is 0 Å². The van der Waals surface area contributed by atoms with Crippen molar-refractivity contribution in [2.24, 2.45) is 0 Å². The van der Waals surface area contributed by atoms with Gasteiger partial charge in [-0.15, -0.1) is 0 Å². The van der Waals surface area contributed by atoms with E-state index >= 15 is 0 Å². The Labute approximate surface area is 232 Å². The lowest BCUT2D eigenvalue weighted by molar-refractivity contribution is -0.132. The van der Waals surface area contributed by atoms with Gasteiger partial charge in [-0.05, 0) is 54.1 Å². The Balaban J connectivity index is 1.55. The normalized spacial score (nSPS) is 17.8. The molecule has 1 amide bonds. The van der Waals surface area contributed by atoms with Crippen molar-refractivity contribution in [1.29, 1.82) is 0 Å². The Bertz CT molecular complexity index is 1690. The van der Waals surface area contributed by atoms with Gasteiger partial charge < -0.3 is 28.8 Å². The third-order valence-corrected chi connectivity index (χ3v) is 7.79. The molecule has 11 heteroatoms. The van der Waals surface area contributed by atoms with E-state index in [1.807, 2.05) is 6.07 Å². The molecular weight excluding hydrogens is 536 g/mol. The van der Waals surface area contributed by atoms with Gasteiger partial charge in [-0.1, -0.05) is 17.4 Å². The number of aliphatic hydroxyl groups excluding tert-OH is 1. The number of benzene rings is 3. The molecule has 0 radical (unpaired) electrons. The maximum atomic E-state index is 13.6. The number of Topliss-reactive ketones (excluding diaryl/α,β-unsaturated/α-hetero) is 1. The molecule has 1 unspecified atom stereocenters. The summed E-state index contributed by atoms with van der Waals surface area (Å²) in [5.41, 5.74) is 1.38. The smallest absolute Gasteiger partial charge is 0.301 e. The van der Waals surface area contributed by atoms with Crippen LogP contribution >= 0.6 is 11.3 Å². The summed E-state index contributed by atoms with van der Waals surface area (Å²) in [4.78, 5) is 33.2. The van der Waals surface area contributed by atoms with E-state index in [1.165, 1.54) is 30.5 Å². The zero-order valence-corrected chi connectivity index (χ0v) is 22.6. The van der Waals surface area contributed by atoms with Gasteiger partial charge in [0.25, 0.3) is 5.78 Å². The van der Waals surface area contributed by atoms with E-state index in [9.17, 15) is 14.7 Å². The lowest BCUT2D eigenvalue weighted by Crippen LogP contribution is -2.29. The molecule has 1 N–H and O–H groups in total. The number of aliphatic hydroxyl groups is 1. The molecule has 0 bridgehead atoms. The standard InChI is InChI=1S/C29H24N2O8S/c1-35-17-6-7-18-23(14-17)40-29(30-18)31-25(15-4-8-19(36-2)21(12-15)37-3)24(27(33)28(31)34)26(32)16-5-9-20-22(13-16)39-11-10-38-20/h4-9,12-14,25,32H,10-11H2,1-3H3. The molecule has 1 saturated heterocycles. The van der Waals surface area contributed by atoms with E-state index in [0.717, 1.165) is 4.70 Å². The number of hydrogen-bond donors (Lipinski definition) is 1. The van der Waals surface area contributed by atoms with Gasteiger partial charge in [0.15, 0.2) is 28.1 Å². The molecule has 2 aliphatic rings. The summed E-state index contributed by atoms with van der Waals surface area (Å²) >= 11 is 1.24. The molecule has 3 heterocycles. The maximum Gasteiger partial charge on any atom is 0.301 e. The number of hydrogen-bond acceptors (Lipinski definition) is 10. The van der Waals surface area contributed by atoms with Crippen molar-refractivity contribution in [1.82, 2.24) is 4.98 Å². The number of nitrogens with zero attached hydrogens (tertiary/aromatic N) is 2. The number of rotatable bonds is 6. The van der Waals surface area contributed by atoms with Gasteiger partial charge in [-0.25, -0.2) is 4.98 Å². The Morgan fingerprint density at radius 2 is 1.70 bits per heavy atom. The molecule has 0 aliphatic carbocycles. The SMILES string of the molecule is COc1ccc2nc(N3C(=O)C(=O)C(=C(O)c4ccc5c(c4)OCCO5)C3c3ccc(OC)c(OC)c3)sc2c1. The Morgan fingerprint density at radius 1 is 0.925 bits per heavy atom. The minimum Gasteiger partial charge on any atom is -0.507 e. The van der Waals surface area contributed by atoms with Gasteiger partial charge in [0.1, 0.15) is 24.7 Å². The topological polar surface area (TPSA) is 117 Å². The van der Waals surface area contributed by atoms with E-state index in [1.54, 1.807) is 55.6 Å². The fraction of sp³-hybridized carbons (Fsp3) is 0.207. The maximum absolute atomic E-state index is 13.6. The van der Waals surface area contributed by atoms with Gasteiger partial charge in [0, 0.05) is 5.56 Å². The number of ether oxygens (including phenoxy) is 5. The molecule has 204 valence electrons. The third kappa shape index (κ3) is 4.15. The Morgan fingerprint density at radius 3 is 2.45 bits per heavy atom. The molecule has 1 fully saturated rings. The monoisotopic (exact) mass is 560 g/mol. The summed E-state index contributed by atoms with van der Waals surface area (Å²) in [6.07, 6.45) is 0. The van der Waals surface area contributed by atoms with Crippen LogP contribution in [0, 0.1) is 0 Å². The number of amides is 1.